The molecule has 0 amide bonds. The number of nitrogens with two attached hydrogens (primary N) is 1. The summed E-state index contributed by atoms with van der Waals surface area (Å²) < 4.78 is 18.1. The molecule has 0 fully saturated rings. The van der Waals surface area contributed by atoms with Crippen LogP contribution in [-0.2, 0) is 0 Å². The molecule has 0 heterocycles. The first kappa shape index (κ1) is 12.3. The molecule has 0 aromatic heterocycles. The van der Waals surface area contributed by atoms with Crippen molar-refractivity contribution in [3.05, 3.63) is 29.0 Å². The van der Waals surface area contributed by atoms with E-state index < -0.39 is 0 Å². The number of hydrogen-bond donors (Lipinski definition) is 1. The van der Waals surface area contributed by atoms with E-state index in [4.69, 9.17) is 22.1 Å². The van der Waals surface area contributed by atoms with Crippen molar-refractivity contribution in [2.24, 2.45) is 5.73 Å². The topological polar surface area (TPSA) is 35.2 Å². The molecule has 4 heteroatoms. The van der Waals surface area contributed by atoms with E-state index in [0.717, 1.165) is 12.8 Å². The van der Waals surface area contributed by atoms with Crippen molar-refractivity contribution in [1.82, 2.24) is 0 Å². The Morgan fingerprint density at radius 1 is 1.53 bits per heavy atom. The Balaban J connectivity index is 2.44. The second-order valence-corrected chi connectivity index (χ2v) is 3.79. The number of halogens is 2. The van der Waals surface area contributed by atoms with E-state index in [2.05, 4.69) is 0 Å². The zero-order valence-electron chi connectivity index (χ0n) is 8.67. The summed E-state index contributed by atoms with van der Waals surface area (Å²) in [6.45, 7) is 2.52. The summed E-state index contributed by atoms with van der Waals surface area (Å²) in [7, 11) is 0. The van der Waals surface area contributed by atoms with Gasteiger partial charge < -0.3 is 10.5 Å². The quantitative estimate of drug-likeness (QED) is 0.846. The molecule has 0 bridgehead atoms. The smallest absolute Gasteiger partial charge is 0.138 e. The molecule has 0 aliphatic rings. The van der Waals surface area contributed by atoms with Crippen molar-refractivity contribution >= 4 is 11.6 Å². The van der Waals surface area contributed by atoms with E-state index in [-0.39, 0.29) is 11.9 Å². The van der Waals surface area contributed by atoms with E-state index in [0.29, 0.717) is 17.4 Å². The van der Waals surface area contributed by atoms with Gasteiger partial charge in [0.25, 0.3) is 0 Å². The molecule has 0 aliphatic heterocycles. The minimum Gasteiger partial charge on any atom is -0.492 e. The van der Waals surface area contributed by atoms with Gasteiger partial charge in [0.05, 0.1) is 11.6 Å². The molecular weight excluding hydrogens is 217 g/mol. The van der Waals surface area contributed by atoms with Gasteiger partial charge in [-0.15, -0.1) is 0 Å². The Morgan fingerprint density at radius 2 is 2.27 bits per heavy atom. The molecule has 2 nitrogen and oxygen atoms in total. The zero-order chi connectivity index (χ0) is 11.3. The summed E-state index contributed by atoms with van der Waals surface area (Å²) in [6.07, 6.45) is 1.69. The number of benzene rings is 1. The van der Waals surface area contributed by atoms with Gasteiger partial charge >= 0.3 is 0 Å². The summed E-state index contributed by atoms with van der Waals surface area (Å²) in [5.41, 5.74) is 5.73. The van der Waals surface area contributed by atoms with Gasteiger partial charge in [0.2, 0.25) is 0 Å². The SMILES string of the molecule is CCC(N)CCOc1ccc(F)cc1Cl. The maximum Gasteiger partial charge on any atom is 0.138 e. The molecule has 15 heavy (non-hydrogen) atoms. The van der Waals surface area contributed by atoms with Crippen LogP contribution in [0.2, 0.25) is 5.02 Å². The van der Waals surface area contributed by atoms with Gasteiger partial charge in [0, 0.05) is 6.04 Å². The Labute approximate surface area is 94.2 Å². The fourth-order valence-electron chi connectivity index (χ4n) is 1.12. The van der Waals surface area contributed by atoms with Crippen LogP contribution in [0.3, 0.4) is 0 Å². The molecule has 1 unspecified atom stereocenters. The van der Waals surface area contributed by atoms with Crippen LogP contribution in [0.15, 0.2) is 18.2 Å². The number of rotatable bonds is 5. The van der Waals surface area contributed by atoms with Gasteiger partial charge in [-0.2, -0.15) is 0 Å². The first-order valence-electron chi connectivity index (χ1n) is 4.97. The van der Waals surface area contributed by atoms with Crippen LogP contribution in [0, 0.1) is 5.82 Å². The highest BCUT2D eigenvalue weighted by molar-refractivity contribution is 6.32. The fraction of sp³-hybridized carbons (Fsp3) is 0.455. The average Bonchev–Trinajstić information content (AvgIpc) is 2.21. The molecule has 0 radical (unpaired) electrons. The van der Waals surface area contributed by atoms with Crippen molar-refractivity contribution in [3.63, 3.8) is 0 Å². The van der Waals surface area contributed by atoms with Crippen LogP contribution < -0.4 is 10.5 Å². The monoisotopic (exact) mass is 231 g/mol. The lowest BCUT2D eigenvalue weighted by atomic mass is 10.2. The third-order valence-electron chi connectivity index (χ3n) is 2.16. The number of ether oxygens (including phenoxy) is 1. The van der Waals surface area contributed by atoms with E-state index >= 15 is 0 Å². The van der Waals surface area contributed by atoms with Gasteiger partial charge in [-0.25, -0.2) is 4.39 Å². The Morgan fingerprint density at radius 3 is 2.87 bits per heavy atom. The van der Waals surface area contributed by atoms with Crippen LogP contribution in [0.25, 0.3) is 0 Å². The van der Waals surface area contributed by atoms with Gasteiger partial charge in [0.1, 0.15) is 11.6 Å². The maximum atomic E-state index is 12.7. The van der Waals surface area contributed by atoms with E-state index in [1.807, 2.05) is 6.92 Å². The molecule has 0 aliphatic carbocycles. The minimum absolute atomic E-state index is 0.143. The summed E-state index contributed by atoms with van der Waals surface area (Å²) in [5, 5.41) is 0.292. The van der Waals surface area contributed by atoms with Gasteiger partial charge in [-0.05, 0) is 31.0 Å². The minimum atomic E-state index is -0.363. The predicted molar refractivity (Wildman–Crippen MR) is 59.8 cm³/mol. The third-order valence-corrected chi connectivity index (χ3v) is 2.46. The molecule has 0 spiro atoms. The van der Waals surface area contributed by atoms with Crippen molar-refractivity contribution in [2.45, 2.75) is 25.8 Å². The second-order valence-electron chi connectivity index (χ2n) is 3.38. The maximum absolute atomic E-state index is 12.7. The summed E-state index contributed by atoms with van der Waals surface area (Å²) >= 11 is 5.78. The highest BCUT2D eigenvalue weighted by Crippen LogP contribution is 2.24. The fourth-order valence-corrected chi connectivity index (χ4v) is 1.34. The highest BCUT2D eigenvalue weighted by Gasteiger charge is 2.04. The molecule has 0 saturated carbocycles. The first-order chi connectivity index (χ1) is 7.13. The van der Waals surface area contributed by atoms with Crippen LogP contribution >= 0.6 is 11.6 Å². The summed E-state index contributed by atoms with van der Waals surface area (Å²) in [4.78, 5) is 0. The molecular formula is C11H15ClFNO. The van der Waals surface area contributed by atoms with Crippen LogP contribution in [0.4, 0.5) is 4.39 Å². The van der Waals surface area contributed by atoms with Crippen LogP contribution in [0.1, 0.15) is 19.8 Å². The lowest BCUT2D eigenvalue weighted by Crippen LogP contribution is -2.21. The molecule has 1 rings (SSSR count). The molecule has 1 aromatic carbocycles. The lowest BCUT2D eigenvalue weighted by Gasteiger charge is -2.11. The largest absolute Gasteiger partial charge is 0.492 e. The molecule has 1 atom stereocenters. The van der Waals surface area contributed by atoms with Gasteiger partial charge in [0.15, 0.2) is 0 Å². The van der Waals surface area contributed by atoms with E-state index in [9.17, 15) is 4.39 Å². The summed E-state index contributed by atoms with van der Waals surface area (Å²) in [5.74, 6) is 0.138. The first-order valence-corrected chi connectivity index (χ1v) is 5.34. The normalized spacial score (nSPS) is 12.5. The molecule has 0 saturated heterocycles. The van der Waals surface area contributed by atoms with Crippen molar-refractivity contribution in [1.29, 1.82) is 0 Å². The van der Waals surface area contributed by atoms with Crippen LogP contribution in [0.5, 0.6) is 5.75 Å². The standard InChI is InChI=1S/C11H15ClFNO/c1-2-9(14)5-6-15-11-4-3-8(13)7-10(11)12/h3-4,7,9H,2,5-6,14H2,1H3. The molecule has 84 valence electrons. The summed E-state index contributed by atoms with van der Waals surface area (Å²) in [6, 6.07) is 4.22. The van der Waals surface area contributed by atoms with E-state index in [1.165, 1.54) is 18.2 Å². The lowest BCUT2D eigenvalue weighted by molar-refractivity contribution is 0.296. The van der Waals surface area contributed by atoms with Crippen LogP contribution in [-0.4, -0.2) is 12.6 Å². The van der Waals surface area contributed by atoms with Gasteiger partial charge in [-0.3, -0.25) is 0 Å². The Bertz CT molecular complexity index is 319. The predicted octanol–water partition coefficient (Wildman–Crippen LogP) is 2.99. The van der Waals surface area contributed by atoms with E-state index in [1.54, 1.807) is 0 Å². The van der Waals surface area contributed by atoms with Crippen molar-refractivity contribution in [3.8, 4) is 5.75 Å². The average molecular weight is 232 g/mol. The third kappa shape index (κ3) is 4.06. The van der Waals surface area contributed by atoms with Gasteiger partial charge in [-0.1, -0.05) is 18.5 Å². The molecule has 1 aromatic rings. The molecule has 2 N–H and O–H groups in total. The Hall–Kier alpha value is -0.800. The number of hydrogen-bond acceptors (Lipinski definition) is 2. The van der Waals surface area contributed by atoms with Crippen molar-refractivity contribution < 1.29 is 9.13 Å². The van der Waals surface area contributed by atoms with Crippen molar-refractivity contribution in [2.75, 3.05) is 6.61 Å². The highest BCUT2D eigenvalue weighted by atomic mass is 35.5. The Kier molecular flexibility index (Phi) is 4.85. The second kappa shape index (κ2) is 5.93. The zero-order valence-corrected chi connectivity index (χ0v) is 9.43.